The van der Waals surface area contributed by atoms with E-state index in [9.17, 15) is 0 Å². The average molecular weight is 228 g/mol. The first-order valence-corrected chi connectivity index (χ1v) is 5.61. The summed E-state index contributed by atoms with van der Waals surface area (Å²) in [6.45, 7) is 0.656. The van der Waals surface area contributed by atoms with Crippen molar-refractivity contribution in [3.8, 4) is 11.1 Å². The predicted molar refractivity (Wildman–Crippen MR) is 71.9 cm³/mol. The Kier molecular flexibility index (Phi) is 3.62. The maximum Gasteiger partial charge on any atom is 0.0604 e. The van der Waals surface area contributed by atoms with E-state index in [0.717, 1.165) is 22.5 Å². The molecule has 0 aliphatic carbocycles. The second kappa shape index (κ2) is 5.37. The molecule has 88 valence electrons. The second-order valence-electron chi connectivity index (χ2n) is 3.82. The van der Waals surface area contributed by atoms with Crippen LogP contribution < -0.4 is 11.1 Å². The van der Waals surface area contributed by atoms with E-state index in [0.29, 0.717) is 6.54 Å². The van der Waals surface area contributed by atoms with E-state index in [1.807, 2.05) is 48.5 Å². The maximum atomic E-state index is 8.78. The summed E-state index contributed by atoms with van der Waals surface area (Å²) >= 11 is 0. The number of nitrogen functional groups attached to an aromatic ring is 1. The Morgan fingerprint density at radius 2 is 1.82 bits per heavy atom. The third-order valence-corrected chi connectivity index (χ3v) is 2.58. The molecule has 0 unspecified atom stereocenters. The summed E-state index contributed by atoms with van der Waals surface area (Å²) in [7, 11) is 0. The summed E-state index contributed by atoms with van der Waals surface area (Å²) in [5, 5.41) is 11.9. The van der Waals surface area contributed by atoms with Gasteiger partial charge < -0.3 is 16.2 Å². The molecule has 0 spiro atoms. The fourth-order valence-electron chi connectivity index (χ4n) is 1.73. The molecule has 0 aliphatic rings. The highest BCUT2D eigenvalue weighted by atomic mass is 16.3. The molecule has 0 saturated carbocycles. The molecule has 0 aromatic heterocycles. The molecular formula is C14H16N2O. The minimum absolute atomic E-state index is 0.116. The van der Waals surface area contributed by atoms with Gasteiger partial charge in [0.05, 0.1) is 6.61 Å². The first-order chi connectivity index (χ1) is 8.31. The molecule has 3 heteroatoms. The molecule has 2 aromatic carbocycles. The summed E-state index contributed by atoms with van der Waals surface area (Å²) in [5.74, 6) is 0. The van der Waals surface area contributed by atoms with E-state index < -0.39 is 0 Å². The van der Waals surface area contributed by atoms with E-state index in [1.54, 1.807) is 0 Å². The smallest absolute Gasteiger partial charge is 0.0604 e. The lowest BCUT2D eigenvalue weighted by Gasteiger charge is -2.10. The van der Waals surface area contributed by atoms with Crippen LogP contribution in [-0.2, 0) is 0 Å². The van der Waals surface area contributed by atoms with Crippen LogP contribution in [0.5, 0.6) is 0 Å². The van der Waals surface area contributed by atoms with Crippen molar-refractivity contribution in [2.45, 2.75) is 0 Å². The van der Waals surface area contributed by atoms with Crippen LogP contribution in [0.4, 0.5) is 11.4 Å². The zero-order valence-electron chi connectivity index (χ0n) is 9.56. The summed E-state index contributed by atoms with van der Waals surface area (Å²) in [6, 6.07) is 15.8. The highest BCUT2D eigenvalue weighted by molar-refractivity contribution is 5.79. The Bertz CT molecular complexity index is 483. The van der Waals surface area contributed by atoms with Crippen molar-refractivity contribution in [3.63, 3.8) is 0 Å². The van der Waals surface area contributed by atoms with E-state index in [-0.39, 0.29) is 6.61 Å². The van der Waals surface area contributed by atoms with Gasteiger partial charge in [0.2, 0.25) is 0 Å². The molecular weight excluding hydrogens is 212 g/mol. The van der Waals surface area contributed by atoms with Gasteiger partial charge in [-0.05, 0) is 23.8 Å². The van der Waals surface area contributed by atoms with Gasteiger partial charge in [0.1, 0.15) is 0 Å². The van der Waals surface area contributed by atoms with E-state index in [1.165, 1.54) is 0 Å². The Hall–Kier alpha value is -2.00. The lowest BCUT2D eigenvalue weighted by molar-refractivity contribution is 0.311. The Balaban J connectivity index is 2.33. The zero-order valence-corrected chi connectivity index (χ0v) is 9.56. The van der Waals surface area contributed by atoms with Crippen molar-refractivity contribution in [1.82, 2.24) is 0 Å². The number of aliphatic hydroxyl groups is 1. The number of hydrogen-bond acceptors (Lipinski definition) is 3. The van der Waals surface area contributed by atoms with Crippen molar-refractivity contribution in [2.75, 3.05) is 24.2 Å². The number of nitrogens with one attached hydrogen (secondary N) is 1. The van der Waals surface area contributed by atoms with Gasteiger partial charge in [-0.15, -0.1) is 0 Å². The number of benzene rings is 2. The summed E-state index contributed by atoms with van der Waals surface area (Å²) < 4.78 is 0. The first-order valence-electron chi connectivity index (χ1n) is 5.61. The number of hydrogen-bond donors (Lipinski definition) is 3. The fraction of sp³-hybridized carbons (Fsp3) is 0.143. The normalized spacial score (nSPS) is 10.2. The first kappa shape index (κ1) is 11.5. The summed E-state index contributed by atoms with van der Waals surface area (Å²) in [4.78, 5) is 0. The van der Waals surface area contributed by atoms with E-state index in [4.69, 9.17) is 10.8 Å². The van der Waals surface area contributed by atoms with Crippen molar-refractivity contribution < 1.29 is 5.11 Å². The Morgan fingerprint density at radius 3 is 2.53 bits per heavy atom. The molecule has 2 rings (SSSR count). The van der Waals surface area contributed by atoms with Crippen LogP contribution >= 0.6 is 0 Å². The minimum Gasteiger partial charge on any atom is -0.398 e. The van der Waals surface area contributed by atoms with Crippen LogP contribution in [0.3, 0.4) is 0 Å². The quantitative estimate of drug-likeness (QED) is 0.704. The van der Waals surface area contributed by atoms with Crippen LogP contribution in [0.15, 0.2) is 48.5 Å². The SMILES string of the molecule is Nc1ccc(NCCO)cc1-c1ccccc1. The maximum absolute atomic E-state index is 8.78. The molecule has 4 N–H and O–H groups in total. The number of rotatable bonds is 4. The number of anilines is 2. The van der Waals surface area contributed by atoms with Gasteiger partial charge in [-0.3, -0.25) is 0 Å². The number of aliphatic hydroxyl groups excluding tert-OH is 1. The van der Waals surface area contributed by atoms with Crippen LogP contribution in [0.2, 0.25) is 0 Å². The van der Waals surface area contributed by atoms with Crippen LogP contribution in [0, 0.1) is 0 Å². The molecule has 0 aliphatic heterocycles. The van der Waals surface area contributed by atoms with Crippen molar-refractivity contribution >= 4 is 11.4 Å². The van der Waals surface area contributed by atoms with E-state index in [2.05, 4.69) is 5.32 Å². The second-order valence-corrected chi connectivity index (χ2v) is 3.82. The summed E-state index contributed by atoms with van der Waals surface area (Å²) in [5.41, 5.74) is 9.80. The molecule has 0 fully saturated rings. The van der Waals surface area contributed by atoms with Gasteiger partial charge in [-0.1, -0.05) is 30.3 Å². The third kappa shape index (κ3) is 2.77. The summed E-state index contributed by atoms with van der Waals surface area (Å²) in [6.07, 6.45) is 0. The molecule has 0 atom stereocenters. The molecule has 2 aromatic rings. The highest BCUT2D eigenvalue weighted by Crippen LogP contribution is 2.28. The van der Waals surface area contributed by atoms with Gasteiger partial charge in [0.15, 0.2) is 0 Å². The minimum atomic E-state index is 0.116. The van der Waals surface area contributed by atoms with Crippen LogP contribution in [0.25, 0.3) is 11.1 Å². The third-order valence-electron chi connectivity index (χ3n) is 2.58. The van der Waals surface area contributed by atoms with Gasteiger partial charge in [-0.25, -0.2) is 0 Å². The van der Waals surface area contributed by atoms with Gasteiger partial charge in [0, 0.05) is 23.5 Å². The highest BCUT2D eigenvalue weighted by Gasteiger charge is 2.03. The fourth-order valence-corrected chi connectivity index (χ4v) is 1.73. The molecule has 17 heavy (non-hydrogen) atoms. The topological polar surface area (TPSA) is 58.3 Å². The van der Waals surface area contributed by atoms with Crippen LogP contribution in [-0.4, -0.2) is 18.3 Å². The molecule has 0 amide bonds. The Labute approximate surface area is 101 Å². The van der Waals surface area contributed by atoms with E-state index >= 15 is 0 Å². The van der Waals surface area contributed by atoms with Crippen molar-refractivity contribution in [3.05, 3.63) is 48.5 Å². The van der Waals surface area contributed by atoms with Crippen LogP contribution in [0.1, 0.15) is 0 Å². The molecule has 0 heterocycles. The molecule has 0 saturated heterocycles. The predicted octanol–water partition coefficient (Wildman–Crippen LogP) is 2.34. The molecule has 0 bridgehead atoms. The molecule has 0 radical (unpaired) electrons. The number of nitrogens with two attached hydrogens (primary N) is 1. The van der Waals surface area contributed by atoms with Crippen molar-refractivity contribution in [2.24, 2.45) is 0 Å². The monoisotopic (exact) mass is 228 g/mol. The largest absolute Gasteiger partial charge is 0.398 e. The van der Waals surface area contributed by atoms with Gasteiger partial charge in [0.25, 0.3) is 0 Å². The average Bonchev–Trinajstić information content (AvgIpc) is 2.39. The lowest BCUT2D eigenvalue weighted by Crippen LogP contribution is -2.05. The van der Waals surface area contributed by atoms with Gasteiger partial charge >= 0.3 is 0 Å². The Morgan fingerprint density at radius 1 is 1.06 bits per heavy atom. The standard InChI is InChI=1S/C14H16N2O/c15-14-7-6-12(16-8-9-17)10-13(14)11-4-2-1-3-5-11/h1-7,10,16-17H,8-9,15H2. The van der Waals surface area contributed by atoms with Crippen molar-refractivity contribution in [1.29, 1.82) is 0 Å². The van der Waals surface area contributed by atoms with Gasteiger partial charge in [-0.2, -0.15) is 0 Å². The zero-order chi connectivity index (χ0) is 12.1. The molecule has 3 nitrogen and oxygen atoms in total. The lowest BCUT2D eigenvalue weighted by atomic mass is 10.0.